The van der Waals surface area contributed by atoms with Crippen molar-refractivity contribution >= 4 is 11.6 Å². The minimum absolute atomic E-state index is 0.194. The van der Waals surface area contributed by atoms with Gasteiger partial charge in [0.15, 0.2) is 0 Å². The lowest BCUT2D eigenvalue weighted by Crippen LogP contribution is -2.44. The zero-order valence-corrected chi connectivity index (χ0v) is 9.24. The van der Waals surface area contributed by atoms with E-state index in [4.69, 9.17) is 11.6 Å². The van der Waals surface area contributed by atoms with E-state index >= 15 is 0 Å². The van der Waals surface area contributed by atoms with Crippen LogP contribution in [-0.4, -0.2) is 42.9 Å². The van der Waals surface area contributed by atoms with Crippen molar-refractivity contribution in [1.82, 2.24) is 4.90 Å². The van der Waals surface area contributed by atoms with Crippen LogP contribution in [0.5, 0.6) is 0 Å². The summed E-state index contributed by atoms with van der Waals surface area (Å²) in [5.74, 6) is 0.357. The molecule has 0 amide bonds. The zero-order chi connectivity index (χ0) is 11.4. The molecule has 0 aromatic rings. The molecule has 86 valence electrons. The van der Waals surface area contributed by atoms with Crippen LogP contribution in [0.3, 0.4) is 0 Å². The second kappa shape index (κ2) is 5.19. The molecule has 0 unspecified atom stereocenters. The Morgan fingerprint density at radius 1 is 1.29 bits per heavy atom. The predicted octanol–water partition coefficient (Wildman–Crippen LogP) is 2.47. The number of hydrogen-bond acceptors (Lipinski definition) is 2. The molecule has 0 saturated heterocycles. The summed E-state index contributed by atoms with van der Waals surface area (Å²) in [5, 5.41) is 0. The topological polar surface area (TPSA) is 12.5 Å². The summed E-state index contributed by atoms with van der Waals surface area (Å²) in [5.41, 5.74) is -0.323. The smallest absolute Gasteiger partial charge is 0.298 e. The van der Waals surface area contributed by atoms with E-state index in [1.54, 1.807) is 11.9 Å². The van der Waals surface area contributed by atoms with Crippen LogP contribution in [0, 0.1) is 0 Å². The molecule has 0 N–H and O–H groups in total. The van der Waals surface area contributed by atoms with Crippen molar-refractivity contribution in [3.05, 3.63) is 0 Å². The van der Waals surface area contributed by atoms with Crippen LogP contribution in [0.4, 0.5) is 13.2 Å². The monoisotopic (exact) mass is 233 g/mol. The van der Waals surface area contributed by atoms with Gasteiger partial charge in [0.1, 0.15) is 0 Å². The van der Waals surface area contributed by atoms with Gasteiger partial charge in [0.2, 0.25) is 0 Å². The molecule has 14 heavy (non-hydrogen) atoms. The largest absolute Gasteiger partial charge is 0.522 e. The summed E-state index contributed by atoms with van der Waals surface area (Å²) in [6.45, 7) is 3.53. The summed E-state index contributed by atoms with van der Waals surface area (Å²) in [4.78, 5) is 1.73. The van der Waals surface area contributed by atoms with Crippen LogP contribution in [0.2, 0.25) is 0 Å². The first-order chi connectivity index (χ1) is 6.19. The van der Waals surface area contributed by atoms with Crippen LogP contribution < -0.4 is 0 Å². The van der Waals surface area contributed by atoms with Gasteiger partial charge < -0.3 is 0 Å². The van der Waals surface area contributed by atoms with E-state index in [1.807, 2.05) is 13.8 Å². The molecule has 0 radical (unpaired) electrons. The number of halogens is 4. The van der Waals surface area contributed by atoms with Crippen LogP contribution in [0.25, 0.3) is 0 Å². The Hall–Kier alpha value is -0.0000000000000000555. The Kier molecular flexibility index (Phi) is 5.19. The van der Waals surface area contributed by atoms with Gasteiger partial charge in [-0.15, -0.1) is 24.8 Å². The maximum Gasteiger partial charge on any atom is 0.522 e. The molecule has 0 aliphatic rings. The van der Waals surface area contributed by atoms with Gasteiger partial charge in [-0.3, -0.25) is 9.64 Å². The lowest BCUT2D eigenvalue weighted by molar-refractivity contribution is -0.325. The lowest BCUT2D eigenvalue weighted by atomic mass is 10.1. The highest BCUT2D eigenvalue weighted by Gasteiger charge is 2.30. The number of nitrogens with zero attached hydrogens (tertiary/aromatic N) is 1. The molecule has 0 aliphatic heterocycles. The minimum Gasteiger partial charge on any atom is -0.298 e. The predicted molar refractivity (Wildman–Crippen MR) is 49.4 cm³/mol. The number of ether oxygens (including phenoxy) is 1. The van der Waals surface area contributed by atoms with Gasteiger partial charge in [-0.1, -0.05) is 0 Å². The fourth-order valence-corrected chi connectivity index (χ4v) is 0.907. The highest BCUT2D eigenvalue weighted by atomic mass is 35.5. The van der Waals surface area contributed by atoms with Crippen molar-refractivity contribution in [3.8, 4) is 0 Å². The molecular formula is C8H15ClF3NO. The molecule has 0 aromatic heterocycles. The summed E-state index contributed by atoms with van der Waals surface area (Å²) in [7, 11) is 1.71. The van der Waals surface area contributed by atoms with Crippen molar-refractivity contribution in [2.24, 2.45) is 0 Å². The molecule has 0 saturated carbocycles. The Morgan fingerprint density at radius 2 is 1.79 bits per heavy atom. The fraction of sp³-hybridized carbons (Fsp3) is 1.00. The molecule has 0 bridgehead atoms. The molecule has 2 nitrogen and oxygen atoms in total. The summed E-state index contributed by atoms with van der Waals surface area (Å²) in [6, 6.07) is 0. The standard InChI is InChI=1S/C8H15ClF3NO/c1-7(2,6-9)13(3)4-5-14-8(10,11)12/h4-6H2,1-3H3. The summed E-state index contributed by atoms with van der Waals surface area (Å²) < 4.78 is 38.5. The lowest BCUT2D eigenvalue weighted by Gasteiger charge is -2.33. The maximum atomic E-state index is 11.6. The Balaban J connectivity index is 3.80. The number of likely N-dealkylation sites (N-methyl/N-ethyl adjacent to an activating group) is 1. The third-order valence-electron chi connectivity index (χ3n) is 2.05. The Bertz CT molecular complexity index is 172. The van der Waals surface area contributed by atoms with Gasteiger partial charge >= 0.3 is 6.36 Å². The summed E-state index contributed by atoms with van der Waals surface area (Å²) >= 11 is 5.65. The normalized spacial score (nSPS) is 13.7. The van der Waals surface area contributed by atoms with Gasteiger partial charge in [-0.25, -0.2) is 0 Å². The molecule has 0 heterocycles. The van der Waals surface area contributed by atoms with E-state index < -0.39 is 6.36 Å². The van der Waals surface area contributed by atoms with E-state index in [0.717, 1.165) is 0 Å². The first-order valence-corrected chi connectivity index (χ1v) is 4.70. The van der Waals surface area contributed by atoms with Gasteiger partial charge in [0, 0.05) is 18.0 Å². The molecule has 6 heteroatoms. The average molecular weight is 234 g/mol. The molecule has 0 aliphatic carbocycles. The van der Waals surface area contributed by atoms with E-state index in [2.05, 4.69) is 4.74 Å². The zero-order valence-electron chi connectivity index (χ0n) is 8.49. The second-order valence-corrected chi connectivity index (χ2v) is 3.93. The van der Waals surface area contributed by atoms with Crippen molar-refractivity contribution in [2.45, 2.75) is 25.7 Å². The quantitative estimate of drug-likeness (QED) is 0.677. The Labute approximate surface area is 87.0 Å². The molecule has 0 rings (SSSR count). The van der Waals surface area contributed by atoms with E-state index in [9.17, 15) is 13.2 Å². The second-order valence-electron chi connectivity index (χ2n) is 3.66. The van der Waals surface area contributed by atoms with E-state index in [0.29, 0.717) is 5.88 Å². The molecule has 0 aromatic carbocycles. The minimum atomic E-state index is -4.55. The van der Waals surface area contributed by atoms with Crippen LogP contribution in [0.15, 0.2) is 0 Å². The van der Waals surface area contributed by atoms with E-state index in [-0.39, 0.29) is 18.7 Å². The molecule has 0 atom stereocenters. The van der Waals surface area contributed by atoms with Crippen LogP contribution >= 0.6 is 11.6 Å². The first-order valence-electron chi connectivity index (χ1n) is 4.17. The molecule has 0 fully saturated rings. The van der Waals surface area contributed by atoms with Gasteiger partial charge in [-0.2, -0.15) is 0 Å². The molecular weight excluding hydrogens is 219 g/mol. The number of rotatable bonds is 5. The van der Waals surface area contributed by atoms with Crippen molar-refractivity contribution in [3.63, 3.8) is 0 Å². The van der Waals surface area contributed by atoms with Crippen molar-refractivity contribution < 1.29 is 17.9 Å². The SMILES string of the molecule is CN(CCOC(F)(F)F)C(C)(C)CCl. The Morgan fingerprint density at radius 3 is 2.14 bits per heavy atom. The highest BCUT2D eigenvalue weighted by molar-refractivity contribution is 6.18. The van der Waals surface area contributed by atoms with Gasteiger partial charge in [0.25, 0.3) is 0 Å². The maximum absolute atomic E-state index is 11.6. The fourth-order valence-electron chi connectivity index (χ4n) is 0.703. The number of hydrogen-bond donors (Lipinski definition) is 0. The van der Waals surface area contributed by atoms with Gasteiger partial charge in [0.05, 0.1) is 6.61 Å². The molecule has 0 spiro atoms. The van der Waals surface area contributed by atoms with Crippen LogP contribution in [-0.2, 0) is 4.74 Å². The highest BCUT2D eigenvalue weighted by Crippen LogP contribution is 2.17. The summed E-state index contributed by atoms with van der Waals surface area (Å²) in [6.07, 6.45) is -4.55. The first kappa shape index (κ1) is 14.0. The van der Waals surface area contributed by atoms with Crippen molar-refractivity contribution in [2.75, 3.05) is 26.1 Å². The number of alkyl halides is 4. The van der Waals surface area contributed by atoms with Crippen molar-refractivity contribution in [1.29, 1.82) is 0 Å². The third-order valence-corrected chi connectivity index (χ3v) is 2.71. The third kappa shape index (κ3) is 5.67. The van der Waals surface area contributed by atoms with Gasteiger partial charge in [-0.05, 0) is 20.9 Å². The average Bonchev–Trinajstić information content (AvgIpc) is 2.02. The van der Waals surface area contributed by atoms with E-state index in [1.165, 1.54) is 0 Å². The van der Waals surface area contributed by atoms with Crippen LogP contribution in [0.1, 0.15) is 13.8 Å².